The molecular formula is C19H25NO4. The number of hydrogen-bond donors (Lipinski definition) is 1. The number of carbonyl (C=O) groups is 1. The average Bonchev–Trinajstić information content (AvgIpc) is 2.57. The van der Waals surface area contributed by atoms with Crippen LogP contribution in [0.15, 0.2) is 27.4 Å². The number of nitrogens with two attached hydrogens (primary N) is 1. The van der Waals surface area contributed by atoms with Crippen LogP contribution in [0.5, 0.6) is 0 Å². The quantitative estimate of drug-likeness (QED) is 0.448. The second-order valence-electron chi connectivity index (χ2n) is 5.88. The van der Waals surface area contributed by atoms with Crippen molar-refractivity contribution in [3.05, 3.63) is 39.7 Å². The molecule has 0 saturated heterocycles. The summed E-state index contributed by atoms with van der Waals surface area (Å²) < 4.78 is 10.2. The topological polar surface area (TPSA) is 82.5 Å². The third-order valence-corrected chi connectivity index (χ3v) is 4.10. The first-order valence-electron chi connectivity index (χ1n) is 8.60. The fourth-order valence-corrected chi connectivity index (χ4v) is 2.80. The Bertz CT molecular complexity index is 764. The van der Waals surface area contributed by atoms with Crippen LogP contribution in [0.1, 0.15) is 61.9 Å². The van der Waals surface area contributed by atoms with Crippen LogP contribution in [0.4, 0.5) is 5.69 Å². The number of benzene rings is 1. The summed E-state index contributed by atoms with van der Waals surface area (Å²) in [6.07, 6.45) is 6.41. The Morgan fingerprint density at radius 1 is 1.17 bits per heavy atom. The van der Waals surface area contributed by atoms with E-state index in [0.29, 0.717) is 17.8 Å². The summed E-state index contributed by atoms with van der Waals surface area (Å²) in [6, 6.07) is 5.01. The molecule has 1 aromatic heterocycles. The summed E-state index contributed by atoms with van der Waals surface area (Å²) in [5.74, 6) is -0.431. The minimum Gasteiger partial charge on any atom is -0.462 e. The standard InChI is InChI=1S/C19H25NO4/c1-3-5-6-7-8-9-15-14-11-10-13(18(21)23-4-2)12-16(14)24-19(22)17(15)20/h10-12H,3-9,20H2,1-2H3. The first kappa shape index (κ1) is 18.0. The van der Waals surface area contributed by atoms with Crippen molar-refractivity contribution in [2.45, 2.75) is 52.4 Å². The van der Waals surface area contributed by atoms with Gasteiger partial charge < -0.3 is 14.9 Å². The van der Waals surface area contributed by atoms with E-state index in [-0.39, 0.29) is 5.69 Å². The Balaban J connectivity index is 2.30. The van der Waals surface area contributed by atoms with Gasteiger partial charge in [-0.3, -0.25) is 0 Å². The molecule has 0 aliphatic rings. The number of esters is 1. The van der Waals surface area contributed by atoms with Crippen LogP contribution in [-0.2, 0) is 11.2 Å². The molecule has 1 heterocycles. The Kier molecular flexibility index (Phi) is 6.41. The zero-order valence-corrected chi connectivity index (χ0v) is 14.4. The van der Waals surface area contributed by atoms with Crippen LogP contribution >= 0.6 is 0 Å². The molecule has 2 rings (SSSR count). The van der Waals surface area contributed by atoms with Gasteiger partial charge in [0, 0.05) is 5.39 Å². The van der Waals surface area contributed by atoms with Crippen molar-refractivity contribution in [1.29, 1.82) is 0 Å². The maximum Gasteiger partial charge on any atom is 0.359 e. The Hall–Kier alpha value is -2.30. The largest absolute Gasteiger partial charge is 0.462 e. The van der Waals surface area contributed by atoms with Crippen molar-refractivity contribution in [2.75, 3.05) is 12.3 Å². The summed E-state index contributed by atoms with van der Waals surface area (Å²) in [5.41, 5.74) is 7.11. The molecule has 24 heavy (non-hydrogen) atoms. The Morgan fingerprint density at radius 3 is 2.62 bits per heavy atom. The minimum absolute atomic E-state index is 0.168. The van der Waals surface area contributed by atoms with E-state index in [1.165, 1.54) is 19.3 Å². The zero-order valence-electron chi connectivity index (χ0n) is 14.4. The van der Waals surface area contributed by atoms with E-state index in [2.05, 4.69) is 6.92 Å². The first-order valence-corrected chi connectivity index (χ1v) is 8.60. The molecule has 130 valence electrons. The summed E-state index contributed by atoms with van der Waals surface area (Å²) in [6.45, 7) is 4.22. The number of rotatable bonds is 8. The predicted octanol–water partition coefficient (Wildman–Crippen LogP) is 4.06. The zero-order chi connectivity index (χ0) is 17.5. The van der Waals surface area contributed by atoms with Gasteiger partial charge >= 0.3 is 11.6 Å². The van der Waals surface area contributed by atoms with Gasteiger partial charge in [0.25, 0.3) is 0 Å². The molecule has 5 nitrogen and oxygen atoms in total. The fraction of sp³-hybridized carbons (Fsp3) is 0.474. The average molecular weight is 331 g/mol. The normalized spacial score (nSPS) is 10.9. The van der Waals surface area contributed by atoms with Gasteiger partial charge in [0.2, 0.25) is 0 Å². The number of ether oxygens (including phenoxy) is 1. The number of carbonyl (C=O) groups excluding carboxylic acids is 1. The molecule has 0 aliphatic heterocycles. The highest BCUT2D eigenvalue weighted by molar-refractivity contribution is 5.95. The van der Waals surface area contributed by atoms with E-state index in [9.17, 15) is 9.59 Å². The summed E-state index contributed by atoms with van der Waals surface area (Å²) in [4.78, 5) is 23.8. The third-order valence-electron chi connectivity index (χ3n) is 4.10. The van der Waals surface area contributed by atoms with Gasteiger partial charge in [0.05, 0.1) is 12.2 Å². The summed E-state index contributed by atoms with van der Waals surface area (Å²) in [5, 5.41) is 0.788. The van der Waals surface area contributed by atoms with E-state index < -0.39 is 11.6 Å². The van der Waals surface area contributed by atoms with E-state index in [1.54, 1.807) is 25.1 Å². The molecule has 2 aromatic rings. The van der Waals surface area contributed by atoms with Gasteiger partial charge in [-0.05, 0) is 37.5 Å². The first-order chi connectivity index (χ1) is 11.6. The van der Waals surface area contributed by atoms with Gasteiger partial charge in [-0.15, -0.1) is 0 Å². The highest BCUT2D eigenvalue weighted by Crippen LogP contribution is 2.25. The van der Waals surface area contributed by atoms with Gasteiger partial charge in [0.15, 0.2) is 0 Å². The van der Waals surface area contributed by atoms with Crippen molar-refractivity contribution >= 4 is 22.6 Å². The van der Waals surface area contributed by atoms with Crippen LogP contribution in [0.2, 0.25) is 0 Å². The molecule has 0 unspecified atom stereocenters. The van der Waals surface area contributed by atoms with Crippen molar-refractivity contribution in [2.24, 2.45) is 0 Å². The number of aryl methyl sites for hydroxylation is 1. The summed E-state index contributed by atoms with van der Waals surface area (Å²) in [7, 11) is 0. The van der Waals surface area contributed by atoms with Crippen LogP contribution in [0.25, 0.3) is 11.0 Å². The third kappa shape index (κ3) is 4.16. The maximum atomic E-state index is 12.0. The number of hydrogen-bond acceptors (Lipinski definition) is 5. The molecule has 0 saturated carbocycles. The molecule has 0 atom stereocenters. The molecule has 0 amide bonds. The Morgan fingerprint density at radius 2 is 1.92 bits per heavy atom. The second kappa shape index (κ2) is 8.52. The van der Waals surface area contributed by atoms with Gasteiger partial charge in [-0.1, -0.05) is 38.7 Å². The van der Waals surface area contributed by atoms with E-state index in [4.69, 9.17) is 14.9 Å². The number of nitrogen functional groups attached to an aromatic ring is 1. The lowest BCUT2D eigenvalue weighted by Crippen LogP contribution is -2.11. The van der Waals surface area contributed by atoms with Crippen molar-refractivity contribution in [1.82, 2.24) is 0 Å². The molecule has 0 bridgehead atoms. The van der Waals surface area contributed by atoms with Gasteiger partial charge in [0.1, 0.15) is 11.3 Å². The van der Waals surface area contributed by atoms with Crippen molar-refractivity contribution < 1.29 is 13.9 Å². The van der Waals surface area contributed by atoms with Crippen LogP contribution in [0, 0.1) is 0 Å². The number of unbranched alkanes of at least 4 members (excludes halogenated alkanes) is 4. The maximum absolute atomic E-state index is 12.0. The van der Waals surface area contributed by atoms with E-state index in [0.717, 1.165) is 30.2 Å². The lowest BCUT2D eigenvalue weighted by molar-refractivity contribution is 0.0526. The van der Waals surface area contributed by atoms with Crippen LogP contribution in [-0.4, -0.2) is 12.6 Å². The smallest absolute Gasteiger partial charge is 0.359 e. The molecule has 2 N–H and O–H groups in total. The monoisotopic (exact) mass is 331 g/mol. The lowest BCUT2D eigenvalue weighted by atomic mass is 10.00. The van der Waals surface area contributed by atoms with Crippen LogP contribution < -0.4 is 11.4 Å². The highest BCUT2D eigenvalue weighted by atomic mass is 16.5. The molecule has 0 fully saturated rings. The van der Waals surface area contributed by atoms with Gasteiger partial charge in [-0.2, -0.15) is 0 Å². The highest BCUT2D eigenvalue weighted by Gasteiger charge is 2.14. The molecule has 0 spiro atoms. The number of fused-ring (bicyclic) bond motifs is 1. The SMILES string of the molecule is CCCCCCCc1c(N)c(=O)oc2cc(C(=O)OCC)ccc12. The molecule has 0 aliphatic carbocycles. The summed E-state index contributed by atoms with van der Waals surface area (Å²) >= 11 is 0. The molecule has 5 heteroatoms. The van der Waals surface area contributed by atoms with Crippen molar-refractivity contribution in [3.8, 4) is 0 Å². The Labute approximate surface area is 141 Å². The number of anilines is 1. The van der Waals surface area contributed by atoms with Gasteiger partial charge in [-0.25, -0.2) is 9.59 Å². The molecular weight excluding hydrogens is 306 g/mol. The van der Waals surface area contributed by atoms with Crippen LogP contribution in [0.3, 0.4) is 0 Å². The second-order valence-corrected chi connectivity index (χ2v) is 5.88. The lowest BCUT2D eigenvalue weighted by Gasteiger charge is -2.10. The van der Waals surface area contributed by atoms with E-state index >= 15 is 0 Å². The predicted molar refractivity (Wildman–Crippen MR) is 95.3 cm³/mol. The molecule has 0 radical (unpaired) electrons. The van der Waals surface area contributed by atoms with E-state index in [1.807, 2.05) is 0 Å². The fourth-order valence-electron chi connectivity index (χ4n) is 2.80. The minimum atomic E-state index is -0.549. The van der Waals surface area contributed by atoms with Crippen molar-refractivity contribution in [3.63, 3.8) is 0 Å². The molecule has 1 aromatic carbocycles.